The second-order valence-corrected chi connectivity index (χ2v) is 5.46. The maximum absolute atomic E-state index is 3.75. The lowest BCUT2D eigenvalue weighted by molar-refractivity contribution is 0.644. The monoisotopic (exact) mass is 251 g/mol. The fourth-order valence-electron chi connectivity index (χ4n) is 2.99. The van der Waals surface area contributed by atoms with E-state index in [0.717, 1.165) is 0 Å². The van der Waals surface area contributed by atoms with Crippen molar-refractivity contribution in [1.29, 1.82) is 0 Å². The molecule has 0 aromatic heterocycles. The Labute approximate surface area is 115 Å². The van der Waals surface area contributed by atoms with Gasteiger partial charge in [-0.2, -0.15) is 0 Å². The van der Waals surface area contributed by atoms with E-state index in [9.17, 15) is 0 Å². The van der Waals surface area contributed by atoms with Crippen molar-refractivity contribution in [3.63, 3.8) is 0 Å². The van der Waals surface area contributed by atoms with Crippen molar-refractivity contribution in [3.05, 3.63) is 65.2 Å². The summed E-state index contributed by atoms with van der Waals surface area (Å²) in [6.45, 7) is 2.17. The van der Waals surface area contributed by atoms with Gasteiger partial charge < -0.3 is 5.32 Å². The molecule has 0 spiro atoms. The lowest BCUT2D eigenvalue weighted by atomic mass is 9.98. The van der Waals surface area contributed by atoms with Crippen LogP contribution in [0.1, 0.15) is 42.0 Å². The van der Waals surface area contributed by atoms with Crippen molar-refractivity contribution < 1.29 is 0 Å². The molecule has 0 fully saturated rings. The van der Waals surface area contributed by atoms with E-state index in [2.05, 4.69) is 60.8 Å². The van der Waals surface area contributed by atoms with Crippen LogP contribution in [0.3, 0.4) is 0 Å². The lowest BCUT2D eigenvalue weighted by Gasteiger charge is -2.21. The standard InChI is InChI=1S/C18H21N/c1-14-8-2-6-12-17(14)19-18-13-7-4-10-15-9-3-5-11-16(15)18/h2-3,5-6,8-9,11-12,18-19H,4,7,10,13H2,1H3. The number of nitrogens with one attached hydrogen (secondary N) is 1. The van der Waals surface area contributed by atoms with Crippen LogP contribution in [-0.2, 0) is 6.42 Å². The summed E-state index contributed by atoms with van der Waals surface area (Å²) in [5, 5.41) is 3.75. The summed E-state index contributed by atoms with van der Waals surface area (Å²) in [7, 11) is 0. The number of hydrogen-bond donors (Lipinski definition) is 1. The minimum atomic E-state index is 0.458. The van der Waals surface area contributed by atoms with E-state index in [0.29, 0.717) is 6.04 Å². The van der Waals surface area contributed by atoms with Crippen molar-refractivity contribution in [2.75, 3.05) is 5.32 Å². The van der Waals surface area contributed by atoms with Crippen LogP contribution in [-0.4, -0.2) is 0 Å². The Morgan fingerprint density at radius 2 is 1.74 bits per heavy atom. The van der Waals surface area contributed by atoms with E-state index < -0.39 is 0 Å². The molecule has 98 valence electrons. The molecule has 0 bridgehead atoms. The van der Waals surface area contributed by atoms with E-state index in [1.165, 1.54) is 48.1 Å². The van der Waals surface area contributed by atoms with Gasteiger partial charge in [-0.15, -0.1) is 0 Å². The highest BCUT2D eigenvalue weighted by Crippen LogP contribution is 2.32. The van der Waals surface area contributed by atoms with Crippen molar-refractivity contribution in [2.45, 2.75) is 38.6 Å². The van der Waals surface area contributed by atoms with Crippen LogP contribution in [0.25, 0.3) is 0 Å². The summed E-state index contributed by atoms with van der Waals surface area (Å²) in [6, 6.07) is 17.9. The molecule has 0 aliphatic heterocycles. The van der Waals surface area contributed by atoms with E-state index in [1.54, 1.807) is 0 Å². The highest BCUT2D eigenvalue weighted by Gasteiger charge is 2.18. The fourth-order valence-corrected chi connectivity index (χ4v) is 2.99. The molecule has 0 saturated heterocycles. The Balaban J connectivity index is 1.91. The SMILES string of the molecule is Cc1ccccc1NC1CCCCc2ccccc21. The fraction of sp³-hybridized carbons (Fsp3) is 0.333. The molecular weight excluding hydrogens is 230 g/mol. The maximum Gasteiger partial charge on any atom is 0.0516 e. The smallest absolute Gasteiger partial charge is 0.0516 e. The second-order valence-electron chi connectivity index (χ2n) is 5.46. The van der Waals surface area contributed by atoms with Crippen molar-refractivity contribution >= 4 is 5.69 Å². The minimum absolute atomic E-state index is 0.458. The maximum atomic E-state index is 3.75. The third-order valence-corrected chi connectivity index (χ3v) is 4.09. The number of aryl methyl sites for hydroxylation is 2. The average Bonchev–Trinajstić information content (AvgIpc) is 2.64. The number of anilines is 1. The average molecular weight is 251 g/mol. The number of rotatable bonds is 2. The van der Waals surface area contributed by atoms with Crippen LogP contribution in [0.15, 0.2) is 48.5 Å². The lowest BCUT2D eigenvalue weighted by Crippen LogP contribution is -2.11. The van der Waals surface area contributed by atoms with Gasteiger partial charge in [0.1, 0.15) is 0 Å². The summed E-state index contributed by atoms with van der Waals surface area (Å²) in [6.07, 6.45) is 5.06. The number of para-hydroxylation sites is 1. The first-order valence-electron chi connectivity index (χ1n) is 7.24. The van der Waals surface area contributed by atoms with Gasteiger partial charge in [-0.3, -0.25) is 0 Å². The molecule has 1 aliphatic rings. The molecule has 3 rings (SSSR count). The normalized spacial score (nSPS) is 18.5. The first kappa shape index (κ1) is 12.3. The van der Waals surface area contributed by atoms with Gasteiger partial charge in [0, 0.05) is 5.69 Å². The van der Waals surface area contributed by atoms with Gasteiger partial charge in [0.15, 0.2) is 0 Å². The zero-order chi connectivity index (χ0) is 13.1. The van der Waals surface area contributed by atoms with E-state index in [4.69, 9.17) is 0 Å². The van der Waals surface area contributed by atoms with Crippen molar-refractivity contribution in [3.8, 4) is 0 Å². The van der Waals surface area contributed by atoms with Crippen molar-refractivity contribution in [2.24, 2.45) is 0 Å². The van der Waals surface area contributed by atoms with E-state index in [1.807, 2.05) is 0 Å². The number of fused-ring (bicyclic) bond motifs is 1. The van der Waals surface area contributed by atoms with Gasteiger partial charge in [-0.05, 0) is 48.9 Å². The Kier molecular flexibility index (Phi) is 3.54. The minimum Gasteiger partial charge on any atom is -0.378 e. The summed E-state index contributed by atoms with van der Waals surface area (Å²) >= 11 is 0. The molecular formula is C18H21N. The third kappa shape index (κ3) is 2.65. The molecule has 0 amide bonds. The topological polar surface area (TPSA) is 12.0 Å². The van der Waals surface area contributed by atoms with Gasteiger partial charge in [-0.1, -0.05) is 48.9 Å². The van der Waals surface area contributed by atoms with Crippen LogP contribution in [0.2, 0.25) is 0 Å². The van der Waals surface area contributed by atoms with E-state index in [-0.39, 0.29) is 0 Å². The second kappa shape index (κ2) is 5.48. The third-order valence-electron chi connectivity index (χ3n) is 4.09. The van der Waals surface area contributed by atoms with Crippen LogP contribution in [0, 0.1) is 6.92 Å². The number of benzene rings is 2. The highest BCUT2D eigenvalue weighted by atomic mass is 14.9. The first-order valence-corrected chi connectivity index (χ1v) is 7.24. The van der Waals surface area contributed by atoms with Crippen molar-refractivity contribution in [1.82, 2.24) is 0 Å². The predicted octanol–water partition coefficient (Wildman–Crippen LogP) is 4.87. The van der Waals surface area contributed by atoms with Gasteiger partial charge >= 0.3 is 0 Å². The quantitative estimate of drug-likeness (QED) is 0.750. The molecule has 0 heterocycles. The molecule has 0 radical (unpaired) electrons. The molecule has 2 aromatic carbocycles. The Morgan fingerprint density at radius 1 is 0.947 bits per heavy atom. The van der Waals surface area contributed by atoms with Crippen LogP contribution >= 0.6 is 0 Å². The molecule has 19 heavy (non-hydrogen) atoms. The molecule has 1 nitrogen and oxygen atoms in total. The summed E-state index contributed by atoms with van der Waals surface area (Å²) in [5.41, 5.74) is 5.60. The number of hydrogen-bond acceptors (Lipinski definition) is 1. The largest absolute Gasteiger partial charge is 0.378 e. The summed E-state index contributed by atoms with van der Waals surface area (Å²) < 4.78 is 0. The molecule has 0 saturated carbocycles. The van der Waals surface area contributed by atoms with Crippen LogP contribution < -0.4 is 5.32 Å². The molecule has 2 aromatic rings. The van der Waals surface area contributed by atoms with Crippen LogP contribution in [0.5, 0.6) is 0 Å². The van der Waals surface area contributed by atoms with Crippen LogP contribution in [0.4, 0.5) is 5.69 Å². The molecule has 1 aliphatic carbocycles. The van der Waals surface area contributed by atoms with E-state index >= 15 is 0 Å². The Hall–Kier alpha value is -1.76. The zero-order valence-corrected chi connectivity index (χ0v) is 11.5. The first-order chi connectivity index (χ1) is 9.34. The van der Waals surface area contributed by atoms with Gasteiger partial charge in [-0.25, -0.2) is 0 Å². The summed E-state index contributed by atoms with van der Waals surface area (Å²) in [5.74, 6) is 0. The Morgan fingerprint density at radius 3 is 2.63 bits per heavy atom. The Bertz CT molecular complexity index is 559. The zero-order valence-electron chi connectivity index (χ0n) is 11.5. The molecule has 1 N–H and O–H groups in total. The molecule has 1 atom stereocenters. The highest BCUT2D eigenvalue weighted by molar-refractivity contribution is 5.52. The summed E-state index contributed by atoms with van der Waals surface area (Å²) in [4.78, 5) is 0. The molecule has 1 heteroatoms. The van der Waals surface area contributed by atoms with Gasteiger partial charge in [0.05, 0.1) is 6.04 Å². The van der Waals surface area contributed by atoms with Gasteiger partial charge in [0.2, 0.25) is 0 Å². The predicted molar refractivity (Wildman–Crippen MR) is 81.5 cm³/mol. The van der Waals surface area contributed by atoms with Gasteiger partial charge in [0.25, 0.3) is 0 Å². The molecule has 1 unspecified atom stereocenters.